The molecule has 9 heteroatoms. The highest BCUT2D eigenvalue weighted by Crippen LogP contribution is 2.59. The first-order valence-electron chi connectivity index (χ1n) is 13.8. The number of carbonyl (C=O) groups is 3. The van der Waals surface area contributed by atoms with Crippen molar-refractivity contribution in [2.24, 2.45) is 11.8 Å². The molecule has 39 heavy (non-hydrogen) atoms. The topological polar surface area (TPSA) is 106 Å². The van der Waals surface area contributed by atoms with Crippen LogP contribution in [0.5, 0.6) is 5.75 Å². The summed E-state index contributed by atoms with van der Waals surface area (Å²) in [7, 11) is 1.57. The lowest BCUT2D eigenvalue weighted by Crippen LogP contribution is -2.59. The minimum atomic E-state index is -1.17. The molecule has 2 amide bonds. The Labute approximate surface area is 230 Å². The predicted molar refractivity (Wildman–Crippen MR) is 146 cm³/mol. The van der Waals surface area contributed by atoms with Crippen LogP contribution in [0.15, 0.2) is 49.6 Å². The number of likely N-dealkylation sites (tertiary alicyclic amines) is 1. The molecule has 3 heterocycles. The van der Waals surface area contributed by atoms with Gasteiger partial charge in [-0.15, -0.1) is 13.2 Å². The van der Waals surface area contributed by atoms with Crippen LogP contribution in [0.1, 0.15) is 45.4 Å². The molecule has 3 fully saturated rings. The number of allylic oxidation sites excluding steroid dienone is 1. The Hall–Kier alpha value is -3.17. The molecule has 3 aliphatic heterocycles. The van der Waals surface area contributed by atoms with Gasteiger partial charge in [-0.2, -0.15) is 0 Å². The van der Waals surface area contributed by atoms with Crippen molar-refractivity contribution in [3.63, 3.8) is 0 Å². The molecule has 1 N–H and O–H groups in total. The van der Waals surface area contributed by atoms with Crippen molar-refractivity contribution in [3.05, 3.63) is 49.6 Å². The quantitative estimate of drug-likeness (QED) is 0.219. The van der Waals surface area contributed by atoms with Gasteiger partial charge < -0.3 is 29.1 Å². The second kappa shape index (κ2) is 12.3. The molecule has 2 bridgehead atoms. The summed E-state index contributed by atoms with van der Waals surface area (Å²) in [5.41, 5.74) is -0.548. The molecule has 3 saturated heterocycles. The van der Waals surface area contributed by atoms with Crippen molar-refractivity contribution >= 4 is 23.5 Å². The monoisotopic (exact) mass is 540 g/mol. The zero-order valence-electron chi connectivity index (χ0n) is 22.9. The third-order valence-corrected chi connectivity index (χ3v) is 8.33. The van der Waals surface area contributed by atoms with E-state index in [9.17, 15) is 19.5 Å². The first-order valence-corrected chi connectivity index (χ1v) is 13.8. The molecular weight excluding hydrogens is 500 g/mol. The highest BCUT2D eigenvalue weighted by molar-refractivity contribution is 6.04. The van der Waals surface area contributed by atoms with Crippen molar-refractivity contribution < 1.29 is 33.7 Å². The number of esters is 1. The number of methoxy groups -OCH3 is 1. The molecule has 4 rings (SSSR count). The molecule has 0 radical (unpaired) electrons. The molecule has 0 aliphatic carbocycles. The van der Waals surface area contributed by atoms with Gasteiger partial charge >= 0.3 is 5.97 Å². The molecule has 1 spiro atoms. The van der Waals surface area contributed by atoms with Crippen LogP contribution in [0.4, 0.5) is 5.69 Å². The second-order valence-electron chi connectivity index (χ2n) is 10.4. The second-order valence-corrected chi connectivity index (χ2v) is 10.4. The van der Waals surface area contributed by atoms with Crippen LogP contribution in [0.3, 0.4) is 0 Å². The number of fused-ring (bicyclic) bond motifs is 1. The predicted octanol–water partition coefficient (Wildman–Crippen LogP) is 3.26. The van der Waals surface area contributed by atoms with E-state index in [1.807, 2.05) is 13.0 Å². The standard InChI is InChI=1S/C30H40N2O7/c1-5-8-9-10-18-38-29(36)24-23-15-16-30(39-23)25(24)27(34)32(20(7-3)19-33)26(30)28(35)31(17-6-2)21-11-13-22(37-4)14-12-21/h5-6,11-14,20,23-26,33H,1-2,7-10,15-19H2,3-4H3/t20-,23+,24-,25-,26?,30?/m0/s1. The van der Waals surface area contributed by atoms with Crippen LogP contribution in [0, 0.1) is 11.8 Å². The summed E-state index contributed by atoms with van der Waals surface area (Å²) in [5.74, 6) is -2.10. The number of hydrogen-bond donors (Lipinski definition) is 1. The molecule has 0 aromatic heterocycles. The molecule has 1 aromatic rings. The van der Waals surface area contributed by atoms with Gasteiger partial charge in [0.1, 0.15) is 17.4 Å². The van der Waals surface area contributed by atoms with Crippen LogP contribution in [0.25, 0.3) is 0 Å². The molecule has 3 aliphatic rings. The van der Waals surface area contributed by atoms with Crippen LogP contribution in [0.2, 0.25) is 0 Å². The van der Waals surface area contributed by atoms with Crippen molar-refractivity contribution in [2.75, 3.05) is 31.8 Å². The van der Waals surface area contributed by atoms with E-state index in [1.165, 1.54) is 4.90 Å². The largest absolute Gasteiger partial charge is 0.497 e. The Morgan fingerprint density at radius 3 is 2.62 bits per heavy atom. The van der Waals surface area contributed by atoms with E-state index in [4.69, 9.17) is 14.2 Å². The van der Waals surface area contributed by atoms with Crippen molar-refractivity contribution in [1.29, 1.82) is 0 Å². The van der Waals surface area contributed by atoms with Crippen LogP contribution in [-0.2, 0) is 23.9 Å². The number of ether oxygens (including phenoxy) is 3. The van der Waals surface area contributed by atoms with Gasteiger partial charge in [0.05, 0.1) is 44.3 Å². The Balaban J connectivity index is 1.68. The fourth-order valence-corrected chi connectivity index (χ4v) is 6.47. The lowest BCUT2D eigenvalue weighted by atomic mass is 9.70. The van der Waals surface area contributed by atoms with Gasteiger partial charge in [0.15, 0.2) is 0 Å². The van der Waals surface area contributed by atoms with Crippen molar-refractivity contribution in [2.45, 2.75) is 69.2 Å². The van der Waals surface area contributed by atoms with Gasteiger partial charge in [0, 0.05) is 12.2 Å². The number of benzene rings is 1. The zero-order valence-corrected chi connectivity index (χ0v) is 22.9. The Morgan fingerprint density at radius 1 is 1.26 bits per heavy atom. The summed E-state index contributed by atoms with van der Waals surface area (Å²) in [4.78, 5) is 44.9. The lowest BCUT2D eigenvalue weighted by Gasteiger charge is -2.39. The SMILES string of the molecule is C=CCCCCOC(=O)[C@@H]1[C@H]2C(=O)N([C@@H](CC)CO)C(C(=O)N(CC=C)c3ccc(OC)cc3)C23CC[C@H]1O3. The van der Waals surface area contributed by atoms with Gasteiger partial charge in [-0.3, -0.25) is 14.4 Å². The maximum absolute atomic E-state index is 14.4. The first-order chi connectivity index (χ1) is 18.9. The van der Waals surface area contributed by atoms with E-state index in [0.717, 1.165) is 12.8 Å². The molecule has 1 aromatic carbocycles. The normalized spacial score (nSPS) is 27.7. The minimum Gasteiger partial charge on any atom is -0.497 e. The number of carbonyl (C=O) groups excluding carboxylic acids is 3. The number of rotatable bonds is 14. The maximum atomic E-state index is 14.4. The Bertz CT molecular complexity index is 1070. The summed E-state index contributed by atoms with van der Waals surface area (Å²) in [6.07, 6.45) is 6.83. The number of aliphatic hydroxyl groups excluding tert-OH is 1. The maximum Gasteiger partial charge on any atom is 0.312 e. The van der Waals surface area contributed by atoms with Crippen LogP contribution >= 0.6 is 0 Å². The number of aliphatic hydroxyl groups is 1. The van der Waals surface area contributed by atoms with Gasteiger partial charge in [-0.25, -0.2) is 0 Å². The first kappa shape index (κ1) is 28.8. The highest BCUT2D eigenvalue weighted by Gasteiger charge is 2.75. The number of anilines is 1. The van der Waals surface area contributed by atoms with E-state index in [1.54, 1.807) is 42.4 Å². The average Bonchev–Trinajstić information content (AvgIpc) is 3.60. The summed E-state index contributed by atoms with van der Waals surface area (Å²) < 4.78 is 17.4. The third-order valence-electron chi connectivity index (χ3n) is 8.33. The van der Waals surface area contributed by atoms with E-state index >= 15 is 0 Å². The number of unbranched alkanes of at least 4 members (excludes halogenated alkanes) is 2. The third kappa shape index (κ3) is 5.10. The minimum absolute atomic E-state index is 0.208. The zero-order chi connectivity index (χ0) is 28.2. The van der Waals surface area contributed by atoms with Crippen LogP contribution in [-0.4, -0.2) is 78.4 Å². The Morgan fingerprint density at radius 2 is 2.00 bits per heavy atom. The summed E-state index contributed by atoms with van der Waals surface area (Å²) in [6.45, 7) is 9.56. The number of nitrogens with zero attached hydrogens (tertiary/aromatic N) is 2. The van der Waals surface area contributed by atoms with E-state index in [-0.39, 0.29) is 31.6 Å². The molecule has 9 nitrogen and oxygen atoms in total. The van der Waals surface area contributed by atoms with Gasteiger partial charge in [0.2, 0.25) is 5.91 Å². The van der Waals surface area contributed by atoms with E-state index in [2.05, 4.69) is 13.2 Å². The molecule has 2 unspecified atom stereocenters. The summed E-state index contributed by atoms with van der Waals surface area (Å²) in [6, 6.07) is 5.49. The fraction of sp³-hybridized carbons (Fsp3) is 0.567. The molecular formula is C30H40N2O7. The molecule has 0 saturated carbocycles. The number of hydrogen-bond acceptors (Lipinski definition) is 7. The average molecular weight is 541 g/mol. The smallest absolute Gasteiger partial charge is 0.312 e. The lowest BCUT2D eigenvalue weighted by molar-refractivity contribution is -0.156. The van der Waals surface area contributed by atoms with E-state index < -0.39 is 41.6 Å². The fourth-order valence-electron chi connectivity index (χ4n) is 6.47. The van der Waals surface area contributed by atoms with Crippen LogP contribution < -0.4 is 9.64 Å². The summed E-state index contributed by atoms with van der Waals surface area (Å²) in [5, 5.41) is 10.2. The molecule has 212 valence electrons. The van der Waals surface area contributed by atoms with Gasteiger partial charge in [-0.1, -0.05) is 19.1 Å². The highest BCUT2D eigenvalue weighted by atomic mass is 16.6. The van der Waals surface area contributed by atoms with Crippen molar-refractivity contribution in [1.82, 2.24) is 4.90 Å². The van der Waals surface area contributed by atoms with Gasteiger partial charge in [-0.05, 0) is 62.8 Å². The number of amides is 2. The van der Waals surface area contributed by atoms with E-state index in [0.29, 0.717) is 37.1 Å². The Kier molecular flexibility index (Phi) is 9.12. The van der Waals surface area contributed by atoms with Crippen molar-refractivity contribution in [3.8, 4) is 5.75 Å². The molecule has 6 atom stereocenters. The summed E-state index contributed by atoms with van der Waals surface area (Å²) >= 11 is 0. The van der Waals surface area contributed by atoms with Gasteiger partial charge in [0.25, 0.3) is 5.91 Å².